The number of aromatic amines is 1. The number of hydrogen-bond donors (Lipinski definition) is 1. The Labute approximate surface area is 218 Å². The van der Waals surface area contributed by atoms with E-state index in [1.54, 1.807) is 16.9 Å². The summed E-state index contributed by atoms with van der Waals surface area (Å²) in [4.78, 5) is 38.8. The van der Waals surface area contributed by atoms with E-state index in [0.29, 0.717) is 26.8 Å². The summed E-state index contributed by atoms with van der Waals surface area (Å²) < 4.78 is 3.34. The van der Waals surface area contributed by atoms with Gasteiger partial charge in [-0.1, -0.05) is 23.7 Å². The van der Waals surface area contributed by atoms with Gasteiger partial charge in [0.25, 0.3) is 5.56 Å². The van der Waals surface area contributed by atoms with E-state index in [-0.39, 0.29) is 5.56 Å². The highest BCUT2D eigenvalue weighted by Gasteiger charge is 2.25. The average Bonchev–Trinajstić information content (AvgIpc) is 3.47. The summed E-state index contributed by atoms with van der Waals surface area (Å²) in [6.07, 6.45) is 9.00. The van der Waals surface area contributed by atoms with Crippen LogP contribution in [0.25, 0.3) is 43.1 Å². The second-order valence-electron chi connectivity index (χ2n) is 9.28. The van der Waals surface area contributed by atoms with Crippen LogP contribution in [0.15, 0.2) is 70.9 Å². The van der Waals surface area contributed by atoms with E-state index in [9.17, 15) is 9.59 Å². The van der Waals surface area contributed by atoms with Crippen LogP contribution in [0, 0.1) is 6.92 Å². The number of rotatable bonds is 4. The van der Waals surface area contributed by atoms with Crippen molar-refractivity contribution in [3.8, 4) is 27.3 Å². The summed E-state index contributed by atoms with van der Waals surface area (Å²) in [6, 6.07) is 11.4. The van der Waals surface area contributed by atoms with Gasteiger partial charge in [0.2, 0.25) is 0 Å². The molecule has 0 radical (unpaired) electrons. The van der Waals surface area contributed by atoms with Crippen LogP contribution in [-0.2, 0) is 0 Å². The van der Waals surface area contributed by atoms with Crippen LogP contribution in [0.3, 0.4) is 0 Å². The van der Waals surface area contributed by atoms with Crippen LogP contribution < -0.4 is 11.2 Å². The van der Waals surface area contributed by atoms with Gasteiger partial charge in [-0.2, -0.15) is 5.10 Å². The first kappa shape index (κ1) is 22.1. The lowest BCUT2D eigenvalue weighted by Crippen LogP contribution is -2.33. The van der Waals surface area contributed by atoms with Gasteiger partial charge < -0.3 is 4.98 Å². The van der Waals surface area contributed by atoms with E-state index >= 15 is 0 Å². The summed E-state index contributed by atoms with van der Waals surface area (Å²) in [7, 11) is 0. The summed E-state index contributed by atoms with van der Waals surface area (Å²) in [6.45, 7) is 1.98. The standard InChI is InChI=1S/C27H19ClN6O2S/c1-14-7-17(12-33-25(14)30-13-31-33)19-3-2-4-20(28)23(19)22-9-21-24(37-22)26(35)34(27(36)32-21)18-8-16(10-29-11-18)15-5-6-15/h2-4,7-13,15H,5-6H2,1H3,(H,32,36). The number of aromatic nitrogens is 6. The first-order valence-corrected chi connectivity index (χ1v) is 13.0. The van der Waals surface area contributed by atoms with Crippen molar-refractivity contribution in [3.05, 3.63) is 98.3 Å². The predicted octanol–water partition coefficient (Wildman–Crippen LogP) is 5.35. The lowest BCUT2D eigenvalue weighted by Gasteiger charge is -2.11. The van der Waals surface area contributed by atoms with E-state index in [0.717, 1.165) is 55.8 Å². The van der Waals surface area contributed by atoms with Crippen molar-refractivity contribution < 1.29 is 0 Å². The van der Waals surface area contributed by atoms with E-state index in [2.05, 4.69) is 20.1 Å². The van der Waals surface area contributed by atoms with Crippen LogP contribution in [0.2, 0.25) is 5.02 Å². The molecule has 0 saturated heterocycles. The Morgan fingerprint density at radius 2 is 2.00 bits per heavy atom. The molecule has 0 aliphatic heterocycles. The molecule has 0 atom stereocenters. The van der Waals surface area contributed by atoms with Crippen molar-refractivity contribution in [1.29, 1.82) is 0 Å². The highest BCUT2D eigenvalue weighted by Crippen LogP contribution is 2.42. The molecule has 37 heavy (non-hydrogen) atoms. The molecule has 182 valence electrons. The Morgan fingerprint density at radius 1 is 1.14 bits per heavy atom. The maximum absolute atomic E-state index is 13.6. The quantitative estimate of drug-likeness (QED) is 0.334. The van der Waals surface area contributed by atoms with Gasteiger partial charge in [-0.15, -0.1) is 11.3 Å². The molecule has 1 aliphatic rings. The molecule has 1 fully saturated rings. The van der Waals surface area contributed by atoms with Crippen molar-refractivity contribution in [2.75, 3.05) is 0 Å². The third-order valence-corrected chi connectivity index (χ3v) is 8.21. The van der Waals surface area contributed by atoms with Gasteiger partial charge >= 0.3 is 5.69 Å². The second kappa shape index (κ2) is 8.22. The molecule has 0 bridgehead atoms. The van der Waals surface area contributed by atoms with Crippen LogP contribution in [0.1, 0.15) is 29.9 Å². The topological polar surface area (TPSA) is 97.9 Å². The zero-order chi connectivity index (χ0) is 25.3. The van der Waals surface area contributed by atoms with Crippen LogP contribution in [0.5, 0.6) is 0 Å². The number of hydrogen-bond acceptors (Lipinski definition) is 6. The number of benzene rings is 1. The molecular weight excluding hydrogens is 508 g/mol. The first-order valence-electron chi connectivity index (χ1n) is 11.8. The molecule has 1 aromatic carbocycles. The number of H-pyrrole nitrogens is 1. The zero-order valence-corrected chi connectivity index (χ0v) is 21.2. The number of fused-ring (bicyclic) bond motifs is 2. The third kappa shape index (κ3) is 3.61. The van der Waals surface area contributed by atoms with Gasteiger partial charge in [-0.25, -0.2) is 18.9 Å². The van der Waals surface area contributed by atoms with Gasteiger partial charge in [-0.3, -0.25) is 9.78 Å². The molecule has 1 N–H and O–H groups in total. The number of nitrogens with one attached hydrogen (secondary N) is 1. The molecule has 7 rings (SSSR count). The summed E-state index contributed by atoms with van der Waals surface area (Å²) in [5.74, 6) is 0.457. The highest BCUT2D eigenvalue weighted by atomic mass is 35.5. The van der Waals surface area contributed by atoms with Crippen molar-refractivity contribution in [1.82, 2.24) is 29.1 Å². The molecule has 0 amide bonds. The van der Waals surface area contributed by atoms with Crippen molar-refractivity contribution in [2.45, 2.75) is 25.7 Å². The Bertz CT molecular complexity index is 1980. The fourth-order valence-electron chi connectivity index (χ4n) is 4.83. The minimum atomic E-state index is -0.497. The number of nitrogens with zero attached hydrogens (tertiary/aromatic N) is 5. The number of halogens is 1. The fraction of sp³-hybridized carbons (Fsp3) is 0.148. The number of thiophene rings is 1. The first-order chi connectivity index (χ1) is 18.0. The molecule has 1 aliphatic carbocycles. The van der Waals surface area contributed by atoms with Crippen LogP contribution >= 0.6 is 22.9 Å². The van der Waals surface area contributed by atoms with Crippen molar-refractivity contribution >= 4 is 38.8 Å². The molecule has 1 saturated carbocycles. The summed E-state index contributed by atoms with van der Waals surface area (Å²) >= 11 is 8.04. The van der Waals surface area contributed by atoms with Gasteiger partial charge in [0.15, 0.2) is 5.65 Å². The maximum Gasteiger partial charge on any atom is 0.333 e. The largest absolute Gasteiger partial charge is 0.333 e. The van der Waals surface area contributed by atoms with Crippen LogP contribution in [0.4, 0.5) is 0 Å². The SMILES string of the molecule is Cc1cc(-c2cccc(Cl)c2-c2cc3[nH]c(=O)n(-c4cncc(C5CC5)c4)c(=O)c3s2)cn2ncnc12. The van der Waals surface area contributed by atoms with Gasteiger partial charge in [0.1, 0.15) is 11.0 Å². The lowest BCUT2D eigenvalue weighted by molar-refractivity contribution is 0.891. The molecule has 6 aromatic rings. The summed E-state index contributed by atoms with van der Waals surface area (Å²) in [5, 5.41) is 4.84. The zero-order valence-electron chi connectivity index (χ0n) is 19.6. The number of pyridine rings is 2. The fourth-order valence-corrected chi connectivity index (χ4v) is 6.28. The Kier molecular flexibility index (Phi) is 4.92. The Balaban J connectivity index is 1.41. The normalized spacial score (nSPS) is 13.6. The average molecular weight is 527 g/mol. The minimum Gasteiger partial charge on any atom is -0.306 e. The Hall–Kier alpha value is -4.08. The van der Waals surface area contributed by atoms with Gasteiger partial charge in [0, 0.05) is 33.4 Å². The van der Waals surface area contributed by atoms with Crippen molar-refractivity contribution in [3.63, 3.8) is 0 Å². The van der Waals surface area contributed by atoms with Crippen LogP contribution in [-0.4, -0.2) is 29.1 Å². The molecule has 0 unspecified atom stereocenters. The minimum absolute atomic E-state index is 0.377. The Morgan fingerprint density at radius 3 is 2.84 bits per heavy atom. The molecule has 5 aromatic heterocycles. The third-order valence-electron chi connectivity index (χ3n) is 6.76. The highest BCUT2D eigenvalue weighted by molar-refractivity contribution is 7.22. The van der Waals surface area contributed by atoms with E-state index in [4.69, 9.17) is 11.6 Å². The van der Waals surface area contributed by atoms with E-state index in [1.807, 2.05) is 49.5 Å². The van der Waals surface area contributed by atoms with E-state index in [1.165, 1.54) is 17.7 Å². The smallest absolute Gasteiger partial charge is 0.306 e. The van der Waals surface area contributed by atoms with Gasteiger partial charge in [-0.05, 0) is 66.6 Å². The predicted molar refractivity (Wildman–Crippen MR) is 145 cm³/mol. The van der Waals surface area contributed by atoms with Gasteiger partial charge in [0.05, 0.1) is 17.4 Å². The molecule has 8 nitrogen and oxygen atoms in total. The molecule has 0 spiro atoms. The molecule has 10 heteroatoms. The monoisotopic (exact) mass is 526 g/mol. The lowest BCUT2D eigenvalue weighted by atomic mass is 9.99. The van der Waals surface area contributed by atoms with E-state index < -0.39 is 5.69 Å². The summed E-state index contributed by atoms with van der Waals surface area (Å²) in [5.41, 5.74) is 5.49. The molecule has 5 heterocycles. The second-order valence-corrected chi connectivity index (χ2v) is 10.7. The van der Waals surface area contributed by atoms with Crippen molar-refractivity contribution in [2.24, 2.45) is 0 Å². The number of aryl methyl sites for hydroxylation is 1. The molecular formula is C27H19ClN6O2S. The maximum atomic E-state index is 13.6.